The van der Waals surface area contributed by atoms with Crippen LogP contribution in [0.1, 0.15) is 20.3 Å². The summed E-state index contributed by atoms with van der Waals surface area (Å²) >= 11 is 0. The molecule has 0 aliphatic carbocycles. The van der Waals surface area contributed by atoms with Crippen molar-refractivity contribution in [2.45, 2.75) is 26.3 Å². The van der Waals surface area contributed by atoms with Gasteiger partial charge in [0.1, 0.15) is 6.04 Å². The van der Waals surface area contributed by atoms with Gasteiger partial charge in [-0.2, -0.15) is 0 Å². The lowest BCUT2D eigenvalue weighted by molar-refractivity contribution is -0.121. The number of nitrogens with one attached hydrogen (secondary N) is 2. The molecule has 5 nitrogen and oxygen atoms in total. The van der Waals surface area contributed by atoms with Crippen molar-refractivity contribution in [2.24, 2.45) is 0 Å². The second-order valence-electron chi connectivity index (χ2n) is 3.23. The first-order chi connectivity index (χ1) is 7.24. The van der Waals surface area contributed by atoms with Crippen LogP contribution in [0.4, 0.5) is 5.95 Å². The van der Waals surface area contributed by atoms with Crippen LogP contribution in [0.2, 0.25) is 0 Å². The zero-order chi connectivity index (χ0) is 11.1. The highest BCUT2D eigenvalue weighted by molar-refractivity contribution is 5.83. The summed E-state index contributed by atoms with van der Waals surface area (Å²) in [6, 6.07) is 1.41. The van der Waals surface area contributed by atoms with E-state index in [4.69, 9.17) is 0 Å². The predicted octanol–water partition coefficient (Wildman–Crippen LogP) is 0.803. The van der Waals surface area contributed by atoms with Crippen LogP contribution in [-0.2, 0) is 4.79 Å². The van der Waals surface area contributed by atoms with Gasteiger partial charge in [-0.1, -0.05) is 6.92 Å². The van der Waals surface area contributed by atoms with Gasteiger partial charge >= 0.3 is 0 Å². The van der Waals surface area contributed by atoms with Crippen LogP contribution in [0.25, 0.3) is 0 Å². The molecule has 1 unspecified atom stereocenters. The van der Waals surface area contributed by atoms with Crippen LogP contribution < -0.4 is 10.6 Å². The third-order valence-electron chi connectivity index (χ3n) is 1.85. The number of hydrogen-bond acceptors (Lipinski definition) is 4. The molecule has 0 aliphatic heterocycles. The Labute approximate surface area is 89.3 Å². The molecule has 0 spiro atoms. The topological polar surface area (TPSA) is 66.9 Å². The van der Waals surface area contributed by atoms with Crippen LogP contribution in [0.15, 0.2) is 18.5 Å². The quantitative estimate of drug-likeness (QED) is 0.751. The van der Waals surface area contributed by atoms with E-state index in [-0.39, 0.29) is 11.9 Å². The van der Waals surface area contributed by atoms with Gasteiger partial charge in [-0.05, 0) is 19.4 Å². The van der Waals surface area contributed by atoms with Gasteiger partial charge < -0.3 is 10.6 Å². The molecular formula is C10H16N4O. The molecule has 0 bridgehead atoms. The first-order valence-electron chi connectivity index (χ1n) is 5.05. The summed E-state index contributed by atoms with van der Waals surface area (Å²) in [6.07, 6.45) is 4.19. The molecule has 5 heteroatoms. The highest BCUT2D eigenvalue weighted by atomic mass is 16.2. The van der Waals surface area contributed by atoms with Gasteiger partial charge in [0, 0.05) is 18.9 Å². The van der Waals surface area contributed by atoms with E-state index >= 15 is 0 Å². The Hall–Kier alpha value is -1.65. The van der Waals surface area contributed by atoms with Gasteiger partial charge in [0.15, 0.2) is 0 Å². The highest BCUT2D eigenvalue weighted by Gasteiger charge is 2.11. The van der Waals surface area contributed by atoms with E-state index < -0.39 is 0 Å². The van der Waals surface area contributed by atoms with Crippen LogP contribution in [-0.4, -0.2) is 28.5 Å². The van der Waals surface area contributed by atoms with Gasteiger partial charge in [0.05, 0.1) is 0 Å². The lowest BCUT2D eigenvalue weighted by atomic mass is 10.3. The molecule has 0 saturated carbocycles. The van der Waals surface area contributed by atoms with Crippen molar-refractivity contribution in [2.75, 3.05) is 11.9 Å². The third kappa shape index (κ3) is 3.93. The van der Waals surface area contributed by atoms with E-state index in [1.165, 1.54) is 0 Å². The molecule has 1 aromatic heterocycles. The molecule has 82 valence electrons. The third-order valence-corrected chi connectivity index (χ3v) is 1.85. The normalized spacial score (nSPS) is 11.9. The number of anilines is 1. The molecule has 1 aromatic rings. The number of amides is 1. The zero-order valence-corrected chi connectivity index (χ0v) is 9.03. The first-order valence-corrected chi connectivity index (χ1v) is 5.05. The minimum absolute atomic E-state index is 0.0377. The maximum absolute atomic E-state index is 11.5. The lowest BCUT2D eigenvalue weighted by Gasteiger charge is -2.12. The highest BCUT2D eigenvalue weighted by Crippen LogP contribution is 1.97. The fourth-order valence-corrected chi connectivity index (χ4v) is 1.03. The second kappa shape index (κ2) is 5.95. The molecule has 15 heavy (non-hydrogen) atoms. The van der Waals surface area contributed by atoms with E-state index in [0.717, 1.165) is 6.42 Å². The molecule has 0 saturated heterocycles. The SMILES string of the molecule is CCCNC(=O)C(C)Nc1ncccn1. The number of hydrogen-bond donors (Lipinski definition) is 2. The fraction of sp³-hybridized carbons (Fsp3) is 0.500. The number of rotatable bonds is 5. The minimum Gasteiger partial charge on any atom is -0.354 e. The van der Waals surface area contributed by atoms with Crippen molar-refractivity contribution in [1.82, 2.24) is 15.3 Å². The lowest BCUT2D eigenvalue weighted by Crippen LogP contribution is -2.38. The van der Waals surface area contributed by atoms with Crippen molar-refractivity contribution < 1.29 is 4.79 Å². The Morgan fingerprint density at radius 1 is 1.47 bits per heavy atom. The minimum atomic E-state index is -0.320. The Morgan fingerprint density at radius 3 is 2.73 bits per heavy atom. The standard InChI is InChI=1S/C10H16N4O/c1-3-5-11-9(15)8(2)14-10-12-6-4-7-13-10/h4,6-8H,3,5H2,1-2H3,(H,11,15)(H,12,13,14). The second-order valence-corrected chi connectivity index (χ2v) is 3.23. The number of nitrogens with zero attached hydrogens (tertiary/aromatic N) is 2. The molecule has 0 fully saturated rings. The molecule has 1 heterocycles. The predicted molar refractivity (Wildman–Crippen MR) is 58.4 cm³/mol. The Balaban J connectivity index is 2.41. The van der Waals surface area contributed by atoms with E-state index in [1.54, 1.807) is 25.4 Å². The van der Waals surface area contributed by atoms with Crippen molar-refractivity contribution in [3.63, 3.8) is 0 Å². The summed E-state index contributed by atoms with van der Waals surface area (Å²) in [6.45, 7) is 4.49. The fourth-order valence-electron chi connectivity index (χ4n) is 1.03. The van der Waals surface area contributed by atoms with Crippen LogP contribution in [0, 0.1) is 0 Å². The zero-order valence-electron chi connectivity index (χ0n) is 9.03. The summed E-state index contributed by atoms with van der Waals surface area (Å²) in [7, 11) is 0. The number of aromatic nitrogens is 2. The van der Waals surface area contributed by atoms with E-state index in [1.807, 2.05) is 6.92 Å². The van der Waals surface area contributed by atoms with Crippen LogP contribution in [0.3, 0.4) is 0 Å². The van der Waals surface area contributed by atoms with Gasteiger partial charge in [-0.3, -0.25) is 4.79 Å². The molecule has 1 atom stereocenters. The summed E-state index contributed by atoms with van der Waals surface area (Å²) in [5.74, 6) is 0.431. The maximum atomic E-state index is 11.5. The molecule has 0 radical (unpaired) electrons. The monoisotopic (exact) mass is 208 g/mol. The average Bonchev–Trinajstić information content (AvgIpc) is 2.27. The molecule has 0 aromatic carbocycles. The van der Waals surface area contributed by atoms with Crippen molar-refractivity contribution >= 4 is 11.9 Å². The van der Waals surface area contributed by atoms with E-state index in [9.17, 15) is 4.79 Å². The summed E-state index contributed by atoms with van der Waals surface area (Å²) in [5, 5.41) is 5.71. The van der Waals surface area contributed by atoms with E-state index in [2.05, 4.69) is 20.6 Å². The van der Waals surface area contributed by atoms with Gasteiger partial charge in [-0.15, -0.1) is 0 Å². The molecule has 1 amide bonds. The molecule has 0 aliphatic rings. The smallest absolute Gasteiger partial charge is 0.242 e. The summed E-state index contributed by atoms with van der Waals surface area (Å²) < 4.78 is 0. The molecular weight excluding hydrogens is 192 g/mol. The number of carbonyl (C=O) groups is 1. The van der Waals surface area contributed by atoms with Gasteiger partial charge in [0.25, 0.3) is 0 Å². The summed E-state index contributed by atoms with van der Waals surface area (Å²) in [5.41, 5.74) is 0. The van der Waals surface area contributed by atoms with Crippen molar-refractivity contribution in [3.8, 4) is 0 Å². The van der Waals surface area contributed by atoms with Gasteiger partial charge in [-0.25, -0.2) is 9.97 Å². The molecule has 1 rings (SSSR count). The van der Waals surface area contributed by atoms with Gasteiger partial charge in [0.2, 0.25) is 11.9 Å². The average molecular weight is 208 g/mol. The Morgan fingerprint density at radius 2 is 2.13 bits per heavy atom. The number of carbonyl (C=O) groups excluding carboxylic acids is 1. The largest absolute Gasteiger partial charge is 0.354 e. The Bertz CT molecular complexity index is 302. The van der Waals surface area contributed by atoms with Crippen LogP contribution >= 0.6 is 0 Å². The van der Waals surface area contributed by atoms with E-state index in [0.29, 0.717) is 12.5 Å². The molecule has 2 N–H and O–H groups in total. The first kappa shape index (κ1) is 11.4. The van der Waals surface area contributed by atoms with Crippen molar-refractivity contribution in [1.29, 1.82) is 0 Å². The summed E-state index contributed by atoms with van der Waals surface area (Å²) in [4.78, 5) is 19.4. The Kier molecular flexibility index (Phi) is 4.53. The van der Waals surface area contributed by atoms with Crippen molar-refractivity contribution in [3.05, 3.63) is 18.5 Å². The maximum Gasteiger partial charge on any atom is 0.242 e. The van der Waals surface area contributed by atoms with Crippen LogP contribution in [0.5, 0.6) is 0 Å².